The second-order valence-electron chi connectivity index (χ2n) is 5.88. The number of nitrogens with two attached hydrogens (primary N) is 1. The molecule has 1 aromatic heterocycles. The van der Waals surface area contributed by atoms with E-state index in [0.717, 1.165) is 17.7 Å². The van der Waals surface area contributed by atoms with E-state index in [9.17, 15) is 4.79 Å². The highest BCUT2D eigenvalue weighted by molar-refractivity contribution is 7.14. The van der Waals surface area contributed by atoms with Gasteiger partial charge in [-0.1, -0.05) is 12.8 Å². The van der Waals surface area contributed by atoms with Crippen LogP contribution in [0.2, 0.25) is 0 Å². The minimum absolute atomic E-state index is 0. The maximum Gasteiger partial charge on any atom is 0.265 e. The largest absolute Gasteiger partial charge is 0.497 e. The zero-order chi connectivity index (χ0) is 16.2. The van der Waals surface area contributed by atoms with Crippen molar-refractivity contribution in [2.75, 3.05) is 18.2 Å². The fourth-order valence-electron chi connectivity index (χ4n) is 2.91. The van der Waals surface area contributed by atoms with Crippen LogP contribution in [0.25, 0.3) is 0 Å². The van der Waals surface area contributed by atoms with Gasteiger partial charge < -0.3 is 15.8 Å². The van der Waals surface area contributed by atoms with E-state index in [1.54, 1.807) is 36.6 Å². The van der Waals surface area contributed by atoms with Crippen LogP contribution in [0.4, 0.5) is 11.4 Å². The molecule has 0 fully saturated rings. The van der Waals surface area contributed by atoms with Crippen LogP contribution in [-0.2, 0) is 12.8 Å². The smallest absolute Gasteiger partial charge is 0.265 e. The molecule has 4 nitrogen and oxygen atoms in total. The molecule has 6 heteroatoms. The van der Waals surface area contributed by atoms with Crippen LogP contribution in [0.1, 0.15) is 45.8 Å². The van der Waals surface area contributed by atoms with Crippen LogP contribution in [0.5, 0.6) is 5.75 Å². The lowest BCUT2D eigenvalue weighted by Crippen LogP contribution is -2.11. The summed E-state index contributed by atoms with van der Waals surface area (Å²) in [5.41, 5.74) is 8.42. The van der Waals surface area contributed by atoms with E-state index < -0.39 is 0 Å². The van der Waals surface area contributed by atoms with Gasteiger partial charge in [0.05, 0.1) is 23.4 Å². The Hall–Kier alpha value is -1.72. The van der Waals surface area contributed by atoms with Crippen molar-refractivity contribution >= 4 is 41.0 Å². The van der Waals surface area contributed by atoms with Crippen molar-refractivity contribution in [1.82, 2.24) is 0 Å². The summed E-state index contributed by atoms with van der Waals surface area (Å²) in [4.78, 5) is 14.7. The molecule has 0 atom stereocenters. The number of hydrogen-bond donors (Lipinski definition) is 2. The number of hydrogen-bond acceptors (Lipinski definition) is 4. The summed E-state index contributed by atoms with van der Waals surface area (Å²) in [5, 5.41) is 2.91. The van der Waals surface area contributed by atoms with Crippen molar-refractivity contribution in [3.63, 3.8) is 0 Å². The highest BCUT2D eigenvalue weighted by Crippen LogP contribution is 2.30. The van der Waals surface area contributed by atoms with E-state index in [-0.39, 0.29) is 18.3 Å². The molecule has 1 heterocycles. The lowest BCUT2D eigenvalue weighted by molar-refractivity contribution is 0.103. The molecule has 0 unspecified atom stereocenters. The van der Waals surface area contributed by atoms with Crippen molar-refractivity contribution in [3.05, 3.63) is 39.6 Å². The number of nitrogens with one attached hydrogen (secondary N) is 1. The molecule has 0 saturated heterocycles. The molecular weight excluding hydrogens is 344 g/mol. The van der Waals surface area contributed by atoms with Gasteiger partial charge in [0, 0.05) is 10.9 Å². The second-order valence-corrected chi connectivity index (χ2v) is 7.02. The van der Waals surface area contributed by atoms with Crippen LogP contribution in [0.3, 0.4) is 0 Å². The number of nitrogen functional groups attached to an aromatic ring is 1. The van der Waals surface area contributed by atoms with Crippen LogP contribution in [0, 0.1) is 0 Å². The molecule has 0 saturated carbocycles. The topological polar surface area (TPSA) is 64.3 Å². The van der Waals surface area contributed by atoms with Gasteiger partial charge in [0.25, 0.3) is 5.91 Å². The first kappa shape index (κ1) is 18.6. The number of amides is 1. The number of methoxy groups -OCH3 is 1. The molecule has 2 aromatic rings. The fraction of sp³-hybridized carbons (Fsp3) is 0.389. The highest BCUT2D eigenvalue weighted by Gasteiger charge is 2.17. The third-order valence-corrected chi connectivity index (χ3v) is 5.46. The number of thiophene rings is 1. The Balaban J connectivity index is 0.00000208. The van der Waals surface area contributed by atoms with Gasteiger partial charge in [-0.15, -0.1) is 23.7 Å². The standard InChI is InChI=1S/C18H22N2O2S.ClH/c1-22-13-8-9-14(19)15(11-13)20-18(21)17-10-12-6-4-2-3-5-7-16(12)23-17;/h8-11H,2-7,19H2,1H3,(H,20,21);1H. The first-order valence-electron chi connectivity index (χ1n) is 8.04. The zero-order valence-corrected chi connectivity index (χ0v) is 15.4. The monoisotopic (exact) mass is 366 g/mol. The first-order chi connectivity index (χ1) is 11.2. The van der Waals surface area contributed by atoms with Crippen molar-refractivity contribution in [2.45, 2.75) is 38.5 Å². The predicted molar refractivity (Wildman–Crippen MR) is 103 cm³/mol. The number of benzene rings is 1. The molecule has 24 heavy (non-hydrogen) atoms. The summed E-state index contributed by atoms with van der Waals surface area (Å²) in [7, 11) is 1.59. The van der Waals surface area contributed by atoms with Crippen LogP contribution in [0.15, 0.2) is 24.3 Å². The number of rotatable bonds is 3. The van der Waals surface area contributed by atoms with E-state index >= 15 is 0 Å². The Morgan fingerprint density at radius 1 is 1.17 bits per heavy atom. The maximum absolute atomic E-state index is 12.6. The number of ether oxygens (including phenoxy) is 1. The van der Waals surface area contributed by atoms with E-state index in [0.29, 0.717) is 17.1 Å². The van der Waals surface area contributed by atoms with Crippen molar-refractivity contribution < 1.29 is 9.53 Å². The number of fused-ring (bicyclic) bond motifs is 1. The van der Waals surface area contributed by atoms with Crippen molar-refractivity contribution in [3.8, 4) is 5.75 Å². The quantitative estimate of drug-likeness (QED) is 0.775. The van der Waals surface area contributed by atoms with Crippen molar-refractivity contribution in [1.29, 1.82) is 0 Å². The number of halogens is 1. The molecule has 1 aliphatic rings. The van der Waals surface area contributed by atoms with Crippen molar-refractivity contribution in [2.24, 2.45) is 0 Å². The molecule has 130 valence electrons. The van der Waals surface area contributed by atoms with Crippen LogP contribution < -0.4 is 15.8 Å². The average Bonchev–Trinajstić information content (AvgIpc) is 2.92. The summed E-state index contributed by atoms with van der Waals surface area (Å²) in [6, 6.07) is 7.32. The van der Waals surface area contributed by atoms with E-state index in [1.807, 2.05) is 0 Å². The molecule has 1 aliphatic carbocycles. The second kappa shape index (κ2) is 8.40. The molecule has 3 N–H and O–H groups in total. The zero-order valence-electron chi connectivity index (χ0n) is 13.8. The normalized spacial score (nSPS) is 13.9. The molecule has 0 bridgehead atoms. The minimum Gasteiger partial charge on any atom is -0.497 e. The Morgan fingerprint density at radius 3 is 2.67 bits per heavy atom. The number of aryl methyl sites for hydroxylation is 2. The molecule has 1 amide bonds. The molecule has 0 spiro atoms. The van der Waals surface area contributed by atoms with E-state index in [1.165, 1.54) is 36.1 Å². The van der Waals surface area contributed by atoms with E-state index in [2.05, 4.69) is 11.4 Å². The maximum atomic E-state index is 12.6. The molecule has 0 aliphatic heterocycles. The summed E-state index contributed by atoms with van der Waals surface area (Å²) >= 11 is 1.62. The number of anilines is 2. The number of carbonyl (C=O) groups excluding carboxylic acids is 1. The number of carbonyl (C=O) groups is 1. The minimum atomic E-state index is -0.0956. The molecule has 1 aromatic carbocycles. The van der Waals surface area contributed by atoms with Gasteiger partial charge in [-0.25, -0.2) is 0 Å². The first-order valence-corrected chi connectivity index (χ1v) is 8.85. The van der Waals surface area contributed by atoms with Gasteiger partial charge in [0.2, 0.25) is 0 Å². The highest BCUT2D eigenvalue weighted by atomic mass is 35.5. The van der Waals surface area contributed by atoms with Gasteiger partial charge in [0.15, 0.2) is 0 Å². The Labute approximate surface area is 152 Å². The Bertz CT molecular complexity index is 690. The SMILES string of the molecule is COc1ccc(N)c(NC(=O)c2cc3c(s2)CCCCCC3)c1.Cl. The third-order valence-electron chi connectivity index (χ3n) is 4.23. The third kappa shape index (κ3) is 4.22. The van der Waals surface area contributed by atoms with Crippen LogP contribution in [-0.4, -0.2) is 13.0 Å². The van der Waals surface area contributed by atoms with Crippen LogP contribution >= 0.6 is 23.7 Å². The Kier molecular flexibility index (Phi) is 6.52. The van der Waals surface area contributed by atoms with Gasteiger partial charge in [-0.05, 0) is 49.4 Å². The molecule has 0 radical (unpaired) electrons. The summed E-state index contributed by atoms with van der Waals surface area (Å²) in [6.07, 6.45) is 7.19. The fourth-order valence-corrected chi connectivity index (χ4v) is 4.06. The Morgan fingerprint density at radius 2 is 1.92 bits per heavy atom. The molecule has 3 rings (SSSR count). The lowest BCUT2D eigenvalue weighted by atomic mass is 10.00. The van der Waals surface area contributed by atoms with Gasteiger partial charge in [-0.3, -0.25) is 4.79 Å². The van der Waals surface area contributed by atoms with Gasteiger partial charge >= 0.3 is 0 Å². The molecular formula is C18H23ClN2O2S. The average molecular weight is 367 g/mol. The summed E-state index contributed by atoms with van der Waals surface area (Å²) in [6.45, 7) is 0. The predicted octanol–water partition coefficient (Wildman–Crippen LogP) is 4.67. The van der Waals surface area contributed by atoms with E-state index in [4.69, 9.17) is 10.5 Å². The lowest BCUT2D eigenvalue weighted by Gasteiger charge is -2.09. The summed E-state index contributed by atoms with van der Waals surface area (Å²) < 4.78 is 5.19. The van der Waals surface area contributed by atoms with Gasteiger partial charge in [-0.2, -0.15) is 0 Å². The van der Waals surface area contributed by atoms with Gasteiger partial charge in [0.1, 0.15) is 5.75 Å². The summed E-state index contributed by atoms with van der Waals surface area (Å²) in [5.74, 6) is 0.578.